The minimum Gasteiger partial charge on any atom is -0.372 e. The molecule has 0 saturated carbocycles. The fourth-order valence-electron chi connectivity index (χ4n) is 2.19. The van der Waals surface area contributed by atoms with E-state index in [0.717, 1.165) is 17.8 Å². The normalized spacial score (nSPS) is 10.8. The number of ketones is 1. The van der Waals surface area contributed by atoms with E-state index in [9.17, 15) is 4.79 Å². The van der Waals surface area contributed by atoms with Crippen LogP contribution in [0.2, 0.25) is 0 Å². The topological polar surface area (TPSA) is 36.1 Å². The Hall–Kier alpha value is -1.77. The molecule has 1 aromatic heterocycles. The molecule has 0 spiro atoms. The average Bonchev–Trinajstić information content (AvgIpc) is 2.61. The summed E-state index contributed by atoms with van der Waals surface area (Å²) in [7, 11) is 2.03. The molecule has 17 heavy (non-hydrogen) atoms. The number of nitrogens with zero attached hydrogens (tertiary/aromatic N) is 1. The highest BCUT2D eigenvalue weighted by Crippen LogP contribution is 2.29. The summed E-state index contributed by atoms with van der Waals surface area (Å²) in [5.74, 6) is 0.231. The number of para-hydroxylation sites is 1. The van der Waals surface area contributed by atoms with Crippen LogP contribution in [0, 0.1) is 6.92 Å². The summed E-state index contributed by atoms with van der Waals surface area (Å²) in [5.41, 5.74) is 3.49. The number of benzene rings is 1. The lowest BCUT2D eigenvalue weighted by Crippen LogP contribution is -2.20. The first kappa shape index (κ1) is 11.7. The second-order valence-corrected chi connectivity index (χ2v) is 4.52. The molecule has 3 heteroatoms. The highest BCUT2D eigenvalue weighted by Gasteiger charge is 2.12. The smallest absolute Gasteiger partial charge is 0.131 e. The number of fused-ring (bicyclic) bond motifs is 1. The van der Waals surface area contributed by atoms with Crippen LogP contribution in [0.4, 0.5) is 5.69 Å². The maximum absolute atomic E-state index is 11.0. The van der Waals surface area contributed by atoms with Crippen LogP contribution in [0.1, 0.15) is 19.0 Å². The Morgan fingerprint density at radius 1 is 1.35 bits per heavy atom. The zero-order valence-corrected chi connectivity index (χ0v) is 10.6. The molecule has 0 aliphatic rings. The van der Waals surface area contributed by atoms with Crippen molar-refractivity contribution in [3.05, 3.63) is 30.0 Å². The summed E-state index contributed by atoms with van der Waals surface area (Å²) < 4.78 is 0. The van der Waals surface area contributed by atoms with Crippen molar-refractivity contribution in [1.29, 1.82) is 0 Å². The third kappa shape index (κ3) is 2.33. The van der Waals surface area contributed by atoms with E-state index >= 15 is 0 Å². The molecule has 0 amide bonds. The van der Waals surface area contributed by atoms with Crippen molar-refractivity contribution in [1.82, 2.24) is 4.98 Å². The number of anilines is 1. The van der Waals surface area contributed by atoms with Crippen LogP contribution >= 0.6 is 0 Å². The molecular weight excluding hydrogens is 212 g/mol. The van der Waals surface area contributed by atoms with Gasteiger partial charge in [0.25, 0.3) is 0 Å². The van der Waals surface area contributed by atoms with Gasteiger partial charge in [0, 0.05) is 36.6 Å². The third-order valence-corrected chi connectivity index (χ3v) is 3.04. The molecular formula is C14H18N2O. The zero-order valence-electron chi connectivity index (χ0n) is 10.6. The molecule has 2 rings (SSSR count). The molecule has 90 valence electrons. The van der Waals surface area contributed by atoms with E-state index in [1.54, 1.807) is 6.92 Å². The quantitative estimate of drug-likeness (QED) is 0.876. The van der Waals surface area contributed by atoms with Gasteiger partial charge in [0.05, 0.1) is 5.69 Å². The van der Waals surface area contributed by atoms with Gasteiger partial charge in [0.1, 0.15) is 5.78 Å². The van der Waals surface area contributed by atoms with Gasteiger partial charge < -0.3 is 9.88 Å². The van der Waals surface area contributed by atoms with Crippen molar-refractivity contribution in [2.45, 2.75) is 20.3 Å². The number of aromatic nitrogens is 1. The van der Waals surface area contributed by atoms with Crippen LogP contribution in [-0.4, -0.2) is 24.4 Å². The number of aryl methyl sites for hydroxylation is 1. The lowest BCUT2D eigenvalue weighted by molar-refractivity contribution is -0.116. The number of carbonyl (C=O) groups excluding carboxylic acids is 1. The number of Topliss-reactive ketones (excluding diaryl/α,β-unsaturated/α-hetero) is 1. The van der Waals surface area contributed by atoms with Gasteiger partial charge in [-0.15, -0.1) is 0 Å². The Labute approximate surface area is 101 Å². The fourth-order valence-corrected chi connectivity index (χ4v) is 2.19. The van der Waals surface area contributed by atoms with Gasteiger partial charge in [0.2, 0.25) is 0 Å². The van der Waals surface area contributed by atoms with Crippen LogP contribution < -0.4 is 4.90 Å². The molecule has 0 aliphatic carbocycles. The summed E-state index contributed by atoms with van der Waals surface area (Å²) >= 11 is 0. The maximum Gasteiger partial charge on any atom is 0.131 e. The summed E-state index contributed by atoms with van der Waals surface area (Å²) in [6, 6.07) is 8.25. The third-order valence-electron chi connectivity index (χ3n) is 3.04. The second-order valence-electron chi connectivity index (χ2n) is 4.52. The number of nitrogens with one attached hydrogen (secondary N) is 1. The van der Waals surface area contributed by atoms with Gasteiger partial charge >= 0.3 is 0 Å². The Morgan fingerprint density at radius 3 is 2.76 bits per heavy atom. The minimum absolute atomic E-state index is 0.231. The van der Waals surface area contributed by atoms with Gasteiger partial charge in [-0.05, 0) is 19.9 Å². The van der Waals surface area contributed by atoms with Crippen LogP contribution in [0.15, 0.2) is 24.3 Å². The van der Waals surface area contributed by atoms with Crippen LogP contribution in [-0.2, 0) is 4.79 Å². The van der Waals surface area contributed by atoms with Gasteiger partial charge in [-0.3, -0.25) is 4.79 Å². The van der Waals surface area contributed by atoms with Gasteiger partial charge in [0.15, 0.2) is 0 Å². The lowest BCUT2D eigenvalue weighted by atomic mass is 10.2. The summed E-state index contributed by atoms with van der Waals surface area (Å²) in [6.07, 6.45) is 0.593. The van der Waals surface area contributed by atoms with Gasteiger partial charge in [-0.2, -0.15) is 0 Å². The molecule has 0 bridgehead atoms. The predicted molar refractivity (Wildman–Crippen MR) is 71.6 cm³/mol. The number of rotatable bonds is 4. The Morgan fingerprint density at radius 2 is 2.06 bits per heavy atom. The Balaban J connectivity index is 2.33. The summed E-state index contributed by atoms with van der Waals surface area (Å²) in [5, 5.41) is 1.22. The molecule has 0 aliphatic heterocycles. The molecule has 0 saturated heterocycles. The second kappa shape index (κ2) is 4.62. The monoisotopic (exact) mass is 230 g/mol. The van der Waals surface area contributed by atoms with E-state index in [4.69, 9.17) is 0 Å². The summed E-state index contributed by atoms with van der Waals surface area (Å²) in [4.78, 5) is 16.5. The maximum atomic E-state index is 11.0. The van der Waals surface area contributed by atoms with Crippen LogP contribution in [0.3, 0.4) is 0 Å². The van der Waals surface area contributed by atoms with Gasteiger partial charge in [-0.1, -0.05) is 18.2 Å². The highest BCUT2D eigenvalue weighted by molar-refractivity contribution is 5.94. The SMILES string of the molecule is CC(=O)CCN(C)c1c(C)[nH]c2ccccc12. The van der Waals surface area contributed by atoms with Crippen molar-refractivity contribution in [3.8, 4) is 0 Å². The van der Waals surface area contributed by atoms with E-state index in [0.29, 0.717) is 6.42 Å². The van der Waals surface area contributed by atoms with E-state index in [1.807, 2.05) is 19.2 Å². The van der Waals surface area contributed by atoms with E-state index in [2.05, 4.69) is 28.9 Å². The number of hydrogen-bond donors (Lipinski definition) is 1. The number of carbonyl (C=O) groups is 1. The predicted octanol–water partition coefficient (Wildman–Crippen LogP) is 2.89. The molecule has 0 radical (unpaired) electrons. The van der Waals surface area contributed by atoms with Crippen molar-refractivity contribution in [2.75, 3.05) is 18.5 Å². The molecule has 0 atom stereocenters. The minimum atomic E-state index is 0.231. The van der Waals surface area contributed by atoms with Crippen molar-refractivity contribution < 1.29 is 4.79 Å². The molecule has 1 N–H and O–H groups in total. The first-order valence-electron chi connectivity index (χ1n) is 5.87. The number of hydrogen-bond acceptors (Lipinski definition) is 2. The first-order valence-corrected chi connectivity index (χ1v) is 5.87. The molecule has 2 aromatic rings. The average molecular weight is 230 g/mol. The molecule has 1 aromatic carbocycles. The highest BCUT2D eigenvalue weighted by atomic mass is 16.1. The Bertz CT molecular complexity index is 542. The molecule has 1 heterocycles. The first-order chi connectivity index (χ1) is 8.09. The van der Waals surface area contributed by atoms with Crippen molar-refractivity contribution in [2.24, 2.45) is 0 Å². The Kier molecular flexibility index (Phi) is 3.18. The van der Waals surface area contributed by atoms with Crippen molar-refractivity contribution in [3.63, 3.8) is 0 Å². The zero-order chi connectivity index (χ0) is 12.4. The van der Waals surface area contributed by atoms with Crippen LogP contribution in [0.5, 0.6) is 0 Å². The number of H-pyrrole nitrogens is 1. The standard InChI is InChI=1S/C14H18N2O/c1-10(17)8-9-16(3)14-11(2)15-13-7-5-4-6-12(13)14/h4-7,15H,8-9H2,1-3H3. The van der Waals surface area contributed by atoms with Crippen LogP contribution in [0.25, 0.3) is 10.9 Å². The van der Waals surface area contributed by atoms with E-state index in [1.165, 1.54) is 11.1 Å². The largest absolute Gasteiger partial charge is 0.372 e. The summed E-state index contributed by atoms with van der Waals surface area (Å²) in [6.45, 7) is 4.47. The van der Waals surface area contributed by atoms with Gasteiger partial charge in [-0.25, -0.2) is 0 Å². The van der Waals surface area contributed by atoms with Crippen molar-refractivity contribution >= 4 is 22.4 Å². The lowest BCUT2D eigenvalue weighted by Gasteiger charge is -2.18. The number of aromatic amines is 1. The van der Waals surface area contributed by atoms with E-state index in [-0.39, 0.29) is 5.78 Å². The van der Waals surface area contributed by atoms with E-state index < -0.39 is 0 Å². The molecule has 3 nitrogen and oxygen atoms in total. The molecule has 0 unspecified atom stereocenters. The molecule has 0 fully saturated rings. The fraction of sp³-hybridized carbons (Fsp3) is 0.357.